The van der Waals surface area contributed by atoms with E-state index in [9.17, 15) is 9.59 Å². The first-order valence-corrected chi connectivity index (χ1v) is 11.2. The lowest BCUT2D eigenvalue weighted by Crippen LogP contribution is -2.33. The molecule has 0 aliphatic heterocycles. The molecule has 1 aliphatic rings. The summed E-state index contributed by atoms with van der Waals surface area (Å²) in [5, 5.41) is 11.9. The number of fused-ring (bicyclic) bond motifs is 1. The lowest BCUT2D eigenvalue weighted by atomic mass is 9.85. The average Bonchev–Trinajstić information content (AvgIpc) is 3.23. The van der Waals surface area contributed by atoms with E-state index in [1.807, 2.05) is 48.9 Å². The van der Waals surface area contributed by atoms with Gasteiger partial charge in [-0.25, -0.2) is 9.67 Å². The predicted octanol–water partition coefficient (Wildman–Crippen LogP) is 3.40. The normalized spacial score (nSPS) is 19.4. The zero-order valence-corrected chi connectivity index (χ0v) is 18.5. The molecule has 0 unspecified atom stereocenters. The molecular formula is C24H30N6O2. The summed E-state index contributed by atoms with van der Waals surface area (Å²) in [7, 11) is 0. The van der Waals surface area contributed by atoms with Gasteiger partial charge in [0.1, 0.15) is 0 Å². The minimum absolute atomic E-state index is 0.0668. The number of nitrogens with zero attached hydrogens (tertiary/aromatic N) is 3. The molecule has 0 saturated heterocycles. The molecule has 0 spiro atoms. The number of aryl methyl sites for hydroxylation is 1. The fraction of sp³-hybridized carbons (Fsp3) is 0.417. The summed E-state index contributed by atoms with van der Waals surface area (Å²) in [6, 6.07) is 9.87. The van der Waals surface area contributed by atoms with E-state index in [1.54, 1.807) is 12.4 Å². The average molecular weight is 435 g/mol. The first kappa shape index (κ1) is 21.8. The summed E-state index contributed by atoms with van der Waals surface area (Å²) in [6.45, 7) is 4.66. The predicted molar refractivity (Wildman–Crippen MR) is 124 cm³/mol. The quantitative estimate of drug-likeness (QED) is 0.527. The number of nitrogens with one attached hydrogen (secondary N) is 2. The van der Waals surface area contributed by atoms with Crippen LogP contribution < -0.4 is 16.4 Å². The van der Waals surface area contributed by atoms with Gasteiger partial charge in [0.05, 0.1) is 28.9 Å². The van der Waals surface area contributed by atoms with Gasteiger partial charge in [-0.15, -0.1) is 0 Å². The molecule has 8 heteroatoms. The number of carbonyl (C=O) groups excluding carboxylic acids is 2. The zero-order valence-electron chi connectivity index (χ0n) is 18.5. The highest BCUT2D eigenvalue weighted by Crippen LogP contribution is 2.31. The number of rotatable bonds is 7. The van der Waals surface area contributed by atoms with Crippen molar-refractivity contribution in [3.63, 3.8) is 0 Å². The monoisotopic (exact) mass is 434 g/mol. The van der Waals surface area contributed by atoms with Crippen LogP contribution in [0.2, 0.25) is 0 Å². The molecule has 1 atom stereocenters. The minimum Gasteiger partial charge on any atom is -0.381 e. The summed E-state index contributed by atoms with van der Waals surface area (Å²) in [4.78, 5) is 29.3. The van der Waals surface area contributed by atoms with Crippen molar-refractivity contribution in [2.45, 2.75) is 58.2 Å². The fourth-order valence-electron chi connectivity index (χ4n) is 4.41. The molecular weight excluding hydrogens is 404 g/mol. The van der Waals surface area contributed by atoms with Crippen LogP contribution in [-0.4, -0.2) is 32.6 Å². The highest BCUT2D eigenvalue weighted by molar-refractivity contribution is 6.06. The second-order valence-corrected chi connectivity index (χ2v) is 8.45. The Kier molecular flexibility index (Phi) is 6.39. The first-order chi connectivity index (χ1) is 15.5. The first-order valence-electron chi connectivity index (χ1n) is 11.2. The van der Waals surface area contributed by atoms with E-state index in [0.717, 1.165) is 48.0 Å². The molecule has 32 heavy (non-hydrogen) atoms. The van der Waals surface area contributed by atoms with Crippen molar-refractivity contribution in [2.75, 3.05) is 5.32 Å². The van der Waals surface area contributed by atoms with Crippen LogP contribution in [0.3, 0.4) is 0 Å². The van der Waals surface area contributed by atoms with Crippen molar-refractivity contribution in [2.24, 2.45) is 11.7 Å². The van der Waals surface area contributed by atoms with Gasteiger partial charge in [0.15, 0.2) is 5.65 Å². The number of benzene rings is 1. The van der Waals surface area contributed by atoms with Crippen LogP contribution in [-0.2, 0) is 11.3 Å². The van der Waals surface area contributed by atoms with Gasteiger partial charge in [0.2, 0.25) is 5.91 Å². The molecule has 1 aliphatic carbocycles. The lowest BCUT2D eigenvalue weighted by molar-refractivity contribution is -0.122. The van der Waals surface area contributed by atoms with Gasteiger partial charge in [0, 0.05) is 24.7 Å². The highest BCUT2D eigenvalue weighted by atomic mass is 16.2. The van der Waals surface area contributed by atoms with Gasteiger partial charge >= 0.3 is 0 Å². The van der Waals surface area contributed by atoms with E-state index in [0.29, 0.717) is 12.1 Å². The van der Waals surface area contributed by atoms with Crippen LogP contribution in [0.4, 0.5) is 5.69 Å². The molecule has 8 nitrogen and oxygen atoms in total. The van der Waals surface area contributed by atoms with E-state index in [2.05, 4.69) is 20.7 Å². The molecule has 168 valence electrons. The van der Waals surface area contributed by atoms with E-state index < -0.39 is 0 Å². The van der Waals surface area contributed by atoms with Crippen LogP contribution in [0.1, 0.15) is 61.5 Å². The number of carbonyl (C=O) groups is 2. The van der Waals surface area contributed by atoms with Gasteiger partial charge in [-0.3, -0.25) is 9.59 Å². The van der Waals surface area contributed by atoms with Crippen molar-refractivity contribution < 1.29 is 9.59 Å². The Hall–Kier alpha value is -3.42. The number of hydrogen-bond donors (Lipinski definition) is 3. The number of primary amides is 1. The summed E-state index contributed by atoms with van der Waals surface area (Å²) in [5.74, 6) is -0.481. The van der Waals surface area contributed by atoms with Crippen LogP contribution in [0.15, 0.2) is 42.7 Å². The molecule has 2 amide bonds. The molecule has 2 heterocycles. The Morgan fingerprint density at radius 2 is 1.88 bits per heavy atom. The fourth-order valence-corrected chi connectivity index (χ4v) is 4.41. The maximum atomic E-state index is 13.3. The number of hydrogen-bond acceptors (Lipinski definition) is 5. The lowest BCUT2D eigenvalue weighted by Gasteiger charge is -2.29. The maximum absolute atomic E-state index is 13.3. The molecule has 1 fully saturated rings. The molecule has 3 aromatic rings. The number of pyridine rings is 1. The second kappa shape index (κ2) is 9.38. The van der Waals surface area contributed by atoms with Gasteiger partial charge in [-0.1, -0.05) is 30.3 Å². The van der Waals surface area contributed by atoms with Crippen LogP contribution >= 0.6 is 0 Å². The van der Waals surface area contributed by atoms with Crippen molar-refractivity contribution in [3.8, 4) is 0 Å². The number of nitrogens with two attached hydrogens (primary N) is 1. The van der Waals surface area contributed by atoms with Crippen LogP contribution in [0.25, 0.3) is 11.0 Å². The molecule has 2 aromatic heterocycles. The largest absolute Gasteiger partial charge is 0.381 e. The SMILES string of the molecule is CCn1ncc2c(N[C@H]3CC[C@H](C(N)=O)CC3)c(C(=O)N[C@H](C)c3ccccc3)cnc21. The van der Waals surface area contributed by atoms with E-state index in [-0.39, 0.29) is 29.8 Å². The standard InChI is InChI=1S/C24H30N6O2/c1-3-30-23-19(14-27-30)21(29-18-11-9-17(10-12-18)22(25)31)20(13-26-23)24(32)28-15(2)16-7-5-4-6-8-16/h4-8,13-15,17-18H,3,9-12H2,1-2H3,(H2,25,31)(H,26,29)(H,28,32)/t15-,17-,18-/m1/s1. The summed E-state index contributed by atoms with van der Waals surface area (Å²) >= 11 is 0. The smallest absolute Gasteiger partial charge is 0.255 e. The number of anilines is 1. The Morgan fingerprint density at radius 3 is 2.53 bits per heavy atom. The number of amides is 2. The maximum Gasteiger partial charge on any atom is 0.255 e. The summed E-state index contributed by atoms with van der Waals surface area (Å²) < 4.78 is 1.82. The van der Waals surface area contributed by atoms with E-state index in [1.165, 1.54) is 0 Å². The van der Waals surface area contributed by atoms with Crippen LogP contribution in [0, 0.1) is 5.92 Å². The third kappa shape index (κ3) is 4.44. The van der Waals surface area contributed by atoms with Gasteiger partial charge < -0.3 is 16.4 Å². The second-order valence-electron chi connectivity index (χ2n) is 8.45. The topological polar surface area (TPSA) is 115 Å². The molecule has 1 saturated carbocycles. The van der Waals surface area contributed by atoms with Crippen molar-refractivity contribution in [1.29, 1.82) is 0 Å². The van der Waals surface area contributed by atoms with Crippen molar-refractivity contribution in [3.05, 3.63) is 53.9 Å². The molecule has 1 aromatic carbocycles. The van der Waals surface area contributed by atoms with Crippen LogP contribution in [0.5, 0.6) is 0 Å². The molecule has 4 N–H and O–H groups in total. The molecule has 0 bridgehead atoms. The van der Waals surface area contributed by atoms with Gasteiger partial charge in [-0.05, 0) is 45.1 Å². The van der Waals surface area contributed by atoms with Crippen molar-refractivity contribution >= 4 is 28.5 Å². The highest BCUT2D eigenvalue weighted by Gasteiger charge is 2.27. The zero-order chi connectivity index (χ0) is 22.7. The third-order valence-electron chi connectivity index (χ3n) is 6.34. The molecule has 0 radical (unpaired) electrons. The van der Waals surface area contributed by atoms with E-state index >= 15 is 0 Å². The minimum atomic E-state index is -0.228. The number of aromatic nitrogens is 3. The van der Waals surface area contributed by atoms with Gasteiger partial charge in [-0.2, -0.15) is 5.10 Å². The Morgan fingerprint density at radius 1 is 1.16 bits per heavy atom. The molecule has 4 rings (SSSR count). The van der Waals surface area contributed by atoms with E-state index in [4.69, 9.17) is 5.73 Å². The Balaban J connectivity index is 1.62. The van der Waals surface area contributed by atoms with Gasteiger partial charge in [0.25, 0.3) is 5.91 Å². The summed E-state index contributed by atoms with van der Waals surface area (Å²) in [6.07, 6.45) is 6.53. The summed E-state index contributed by atoms with van der Waals surface area (Å²) in [5.41, 5.74) is 8.50. The third-order valence-corrected chi connectivity index (χ3v) is 6.34. The Bertz CT molecular complexity index is 1100. The Labute approximate surface area is 187 Å². The van der Waals surface area contributed by atoms with Crippen molar-refractivity contribution in [1.82, 2.24) is 20.1 Å².